The molecule has 0 aliphatic rings. The predicted octanol–water partition coefficient (Wildman–Crippen LogP) is 3.04. The fourth-order valence-corrected chi connectivity index (χ4v) is 2.45. The van der Waals surface area contributed by atoms with Gasteiger partial charge in [-0.25, -0.2) is 0 Å². The third-order valence-electron chi connectivity index (χ3n) is 1.84. The van der Waals surface area contributed by atoms with Gasteiger partial charge in [-0.2, -0.15) is 5.26 Å². The molecule has 2 aromatic heterocycles. The van der Waals surface area contributed by atoms with Gasteiger partial charge in [0.2, 0.25) is 0 Å². The Hall–Kier alpha value is -0.960. The molecule has 0 spiro atoms. The molecule has 0 aliphatic carbocycles. The van der Waals surface area contributed by atoms with Crippen molar-refractivity contribution in [2.75, 3.05) is 5.75 Å². The summed E-state index contributed by atoms with van der Waals surface area (Å²) in [5.41, 5.74) is 0.575. The van der Waals surface area contributed by atoms with Crippen molar-refractivity contribution in [3.8, 4) is 6.07 Å². The maximum absolute atomic E-state index is 8.45. The monoisotopic (exact) mass is 272 g/mol. The molecule has 4 nitrogen and oxygen atoms in total. The third-order valence-corrected chi connectivity index (χ3v) is 3.27. The SMILES string of the molecule is N#CCCSc1nnc2c(Cl)cc(Cl)cn12. The number of nitriles is 1. The molecule has 0 aliphatic heterocycles. The Kier molecular flexibility index (Phi) is 3.54. The first-order valence-electron chi connectivity index (χ1n) is 4.42. The van der Waals surface area contributed by atoms with E-state index in [0.29, 0.717) is 33.0 Å². The molecule has 0 saturated heterocycles. The van der Waals surface area contributed by atoms with E-state index >= 15 is 0 Å². The number of hydrogen-bond acceptors (Lipinski definition) is 4. The van der Waals surface area contributed by atoms with Gasteiger partial charge in [0, 0.05) is 18.4 Å². The summed E-state index contributed by atoms with van der Waals surface area (Å²) in [6.07, 6.45) is 2.17. The van der Waals surface area contributed by atoms with Crippen LogP contribution in [0, 0.1) is 11.3 Å². The minimum atomic E-state index is 0.465. The Labute approximate surface area is 106 Å². The van der Waals surface area contributed by atoms with Gasteiger partial charge in [0.1, 0.15) is 0 Å². The van der Waals surface area contributed by atoms with Crippen LogP contribution in [0.5, 0.6) is 0 Å². The number of pyridine rings is 1. The van der Waals surface area contributed by atoms with Gasteiger partial charge in [0.15, 0.2) is 10.8 Å². The summed E-state index contributed by atoms with van der Waals surface area (Å²) in [6, 6.07) is 3.69. The molecule has 0 bridgehead atoms. The van der Waals surface area contributed by atoms with Crippen LogP contribution in [0.25, 0.3) is 5.65 Å². The van der Waals surface area contributed by atoms with E-state index in [1.165, 1.54) is 11.8 Å². The van der Waals surface area contributed by atoms with E-state index in [2.05, 4.69) is 16.3 Å². The first kappa shape index (κ1) is 11.5. The number of rotatable bonds is 3. The first-order valence-corrected chi connectivity index (χ1v) is 6.16. The summed E-state index contributed by atoms with van der Waals surface area (Å²) in [6.45, 7) is 0. The Balaban J connectivity index is 2.37. The molecule has 2 aromatic rings. The lowest BCUT2D eigenvalue weighted by molar-refractivity contribution is 0.920. The third kappa shape index (κ3) is 2.24. The van der Waals surface area contributed by atoms with Crippen LogP contribution in [0.1, 0.15) is 6.42 Å². The van der Waals surface area contributed by atoms with Gasteiger partial charge in [-0.15, -0.1) is 10.2 Å². The van der Waals surface area contributed by atoms with E-state index in [0.717, 1.165) is 0 Å². The van der Waals surface area contributed by atoms with E-state index in [9.17, 15) is 0 Å². The highest BCUT2D eigenvalue weighted by Gasteiger charge is 2.09. The maximum atomic E-state index is 8.45. The molecule has 16 heavy (non-hydrogen) atoms. The van der Waals surface area contributed by atoms with Crippen LogP contribution in [0.2, 0.25) is 10.0 Å². The highest BCUT2D eigenvalue weighted by atomic mass is 35.5. The molecule has 82 valence electrons. The van der Waals surface area contributed by atoms with Crippen molar-refractivity contribution in [2.24, 2.45) is 0 Å². The van der Waals surface area contributed by atoms with Crippen molar-refractivity contribution >= 4 is 40.6 Å². The molecule has 0 atom stereocenters. The Bertz CT molecular complexity index is 560. The molecule has 0 fully saturated rings. The number of fused-ring (bicyclic) bond motifs is 1. The zero-order chi connectivity index (χ0) is 11.5. The number of aromatic nitrogens is 3. The van der Waals surface area contributed by atoms with Crippen LogP contribution in [0.4, 0.5) is 0 Å². The molecular formula is C9H6Cl2N4S. The van der Waals surface area contributed by atoms with Gasteiger partial charge >= 0.3 is 0 Å². The fraction of sp³-hybridized carbons (Fsp3) is 0.222. The highest BCUT2D eigenvalue weighted by molar-refractivity contribution is 7.99. The molecule has 0 unspecified atom stereocenters. The Morgan fingerprint density at radius 2 is 2.25 bits per heavy atom. The number of hydrogen-bond donors (Lipinski definition) is 0. The molecule has 2 heterocycles. The van der Waals surface area contributed by atoms with Gasteiger partial charge in [0.25, 0.3) is 0 Å². The second-order valence-corrected chi connectivity index (χ2v) is 4.84. The molecule has 0 aromatic carbocycles. The molecule has 0 N–H and O–H groups in total. The smallest absolute Gasteiger partial charge is 0.195 e. The minimum Gasteiger partial charge on any atom is -0.275 e. The van der Waals surface area contributed by atoms with Crippen molar-refractivity contribution in [3.05, 3.63) is 22.3 Å². The average Bonchev–Trinajstić information content (AvgIpc) is 2.62. The Morgan fingerprint density at radius 1 is 1.44 bits per heavy atom. The van der Waals surface area contributed by atoms with Gasteiger partial charge in [-0.1, -0.05) is 35.0 Å². The van der Waals surface area contributed by atoms with Gasteiger partial charge in [0.05, 0.1) is 16.1 Å². The van der Waals surface area contributed by atoms with Crippen LogP contribution in [0.15, 0.2) is 17.4 Å². The van der Waals surface area contributed by atoms with Crippen LogP contribution in [0.3, 0.4) is 0 Å². The van der Waals surface area contributed by atoms with E-state index in [1.54, 1.807) is 16.7 Å². The summed E-state index contributed by atoms with van der Waals surface area (Å²) < 4.78 is 1.73. The lowest BCUT2D eigenvalue weighted by Crippen LogP contribution is -1.89. The largest absolute Gasteiger partial charge is 0.275 e. The van der Waals surface area contributed by atoms with E-state index in [1.807, 2.05) is 0 Å². The summed E-state index contributed by atoms with van der Waals surface area (Å²) in [5.74, 6) is 0.668. The predicted molar refractivity (Wildman–Crippen MR) is 64.0 cm³/mol. The summed E-state index contributed by atoms with van der Waals surface area (Å²) >= 11 is 13.3. The second-order valence-electron chi connectivity index (χ2n) is 2.94. The molecule has 2 rings (SSSR count). The first-order chi connectivity index (χ1) is 7.72. The lowest BCUT2D eigenvalue weighted by Gasteiger charge is -1.99. The highest BCUT2D eigenvalue weighted by Crippen LogP contribution is 2.25. The molecule has 0 radical (unpaired) electrons. The van der Waals surface area contributed by atoms with Gasteiger partial charge in [-0.05, 0) is 6.07 Å². The molecular weight excluding hydrogens is 267 g/mol. The van der Waals surface area contributed by atoms with Crippen LogP contribution < -0.4 is 0 Å². The summed E-state index contributed by atoms with van der Waals surface area (Å²) in [7, 11) is 0. The Morgan fingerprint density at radius 3 is 3.00 bits per heavy atom. The maximum Gasteiger partial charge on any atom is 0.195 e. The zero-order valence-corrected chi connectivity index (χ0v) is 10.4. The molecule has 0 amide bonds. The van der Waals surface area contributed by atoms with Crippen molar-refractivity contribution in [2.45, 2.75) is 11.6 Å². The van der Waals surface area contributed by atoms with E-state index in [-0.39, 0.29) is 0 Å². The normalized spacial score (nSPS) is 10.6. The van der Waals surface area contributed by atoms with Crippen molar-refractivity contribution in [1.29, 1.82) is 5.26 Å². The number of nitrogens with zero attached hydrogens (tertiary/aromatic N) is 4. The van der Waals surface area contributed by atoms with Crippen molar-refractivity contribution in [1.82, 2.24) is 14.6 Å². The van der Waals surface area contributed by atoms with Crippen LogP contribution in [-0.4, -0.2) is 20.4 Å². The zero-order valence-electron chi connectivity index (χ0n) is 8.02. The molecule has 7 heteroatoms. The minimum absolute atomic E-state index is 0.465. The van der Waals surface area contributed by atoms with Crippen LogP contribution >= 0.6 is 35.0 Å². The van der Waals surface area contributed by atoms with Crippen LogP contribution in [-0.2, 0) is 0 Å². The number of halogens is 2. The quantitative estimate of drug-likeness (QED) is 0.637. The van der Waals surface area contributed by atoms with Crippen molar-refractivity contribution < 1.29 is 0 Å². The lowest BCUT2D eigenvalue weighted by atomic mass is 10.5. The fourth-order valence-electron chi connectivity index (χ4n) is 1.19. The topological polar surface area (TPSA) is 54.0 Å². The summed E-state index contributed by atoms with van der Waals surface area (Å²) in [5, 5.41) is 18.1. The number of thioether (sulfide) groups is 1. The van der Waals surface area contributed by atoms with Gasteiger partial charge in [-0.3, -0.25) is 4.40 Å². The van der Waals surface area contributed by atoms with E-state index in [4.69, 9.17) is 28.5 Å². The van der Waals surface area contributed by atoms with Crippen molar-refractivity contribution in [3.63, 3.8) is 0 Å². The average molecular weight is 273 g/mol. The molecule has 0 saturated carbocycles. The van der Waals surface area contributed by atoms with E-state index < -0.39 is 0 Å². The second kappa shape index (κ2) is 4.91. The van der Waals surface area contributed by atoms with Gasteiger partial charge < -0.3 is 0 Å². The standard InChI is InChI=1S/C9H6Cl2N4S/c10-6-4-7(11)8-13-14-9(15(8)5-6)16-3-1-2-12/h4-5H,1,3H2. The summed E-state index contributed by atoms with van der Waals surface area (Å²) in [4.78, 5) is 0.